The lowest BCUT2D eigenvalue weighted by Gasteiger charge is -2.07. The highest BCUT2D eigenvalue weighted by molar-refractivity contribution is 9.10. The van der Waals surface area contributed by atoms with Gasteiger partial charge in [0.1, 0.15) is 5.75 Å². The number of phenolic OH excluding ortho intramolecular Hbond substituents is 1. The zero-order valence-corrected chi connectivity index (χ0v) is 9.32. The van der Waals surface area contributed by atoms with Crippen molar-refractivity contribution in [2.45, 2.75) is 6.92 Å². The first-order chi connectivity index (χ1) is 6.68. The molecule has 1 heterocycles. The van der Waals surface area contributed by atoms with Gasteiger partial charge in [0.15, 0.2) is 0 Å². The normalized spacial score (nSPS) is 10.4. The van der Waals surface area contributed by atoms with Gasteiger partial charge >= 0.3 is 0 Å². The van der Waals surface area contributed by atoms with Crippen molar-refractivity contribution in [3.8, 4) is 11.4 Å². The number of nitrogens with zero attached hydrogens (tertiary/aromatic N) is 1. The summed E-state index contributed by atoms with van der Waals surface area (Å²) in [5.74, 6) is 0.306. The van der Waals surface area contributed by atoms with E-state index in [9.17, 15) is 5.11 Å². The van der Waals surface area contributed by atoms with Crippen LogP contribution in [-0.2, 0) is 0 Å². The fraction of sp³-hybridized carbons (Fsp3) is 0.0909. The van der Waals surface area contributed by atoms with Gasteiger partial charge in [-0.25, -0.2) is 0 Å². The maximum atomic E-state index is 9.57. The largest absolute Gasteiger partial charge is 0.506 e. The molecule has 1 N–H and O–H groups in total. The molecule has 0 fully saturated rings. The van der Waals surface area contributed by atoms with Gasteiger partial charge in [-0.1, -0.05) is 0 Å². The predicted molar refractivity (Wildman–Crippen MR) is 59.9 cm³/mol. The molecule has 0 spiro atoms. The predicted octanol–water partition coefficient (Wildman–Crippen LogP) is 3.25. The quantitative estimate of drug-likeness (QED) is 0.827. The molecule has 0 aliphatic heterocycles. The van der Waals surface area contributed by atoms with Gasteiger partial charge < -0.3 is 9.67 Å². The van der Waals surface area contributed by atoms with Crippen LogP contribution in [0.15, 0.2) is 41.1 Å². The number of aromatic hydroxyl groups is 1. The van der Waals surface area contributed by atoms with Gasteiger partial charge in [-0.15, -0.1) is 0 Å². The lowest BCUT2D eigenvalue weighted by Crippen LogP contribution is -1.90. The third-order valence-corrected chi connectivity index (χ3v) is 2.75. The Labute approximate surface area is 90.9 Å². The minimum absolute atomic E-state index is 0.306. The van der Waals surface area contributed by atoms with Crippen LogP contribution in [0.4, 0.5) is 0 Å². The number of hydrogen-bond acceptors (Lipinski definition) is 1. The van der Waals surface area contributed by atoms with Crippen molar-refractivity contribution in [3.05, 3.63) is 46.7 Å². The standard InChI is InChI=1S/C11H10BrNO/c1-8-6-9(7-10(12)11(8)14)13-4-2-3-5-13/h2-7,14H,1H3. The maximum Gasteiger partial charge on any atom is 0.132 e. The molecule has 0 bridgehead atoms. The number of halogens is 1. The highest BCUT2D eigenvalue weighted by Crippen LogP contribution is 2.30. The van der Waals surface area contributed by atoms with Crippen LogP contribution in [-0.4, -0.2) is 9.67 Å². The Hall–Kier alpha value is -1.22. The van der Waals surface area contributed by atoms with Crippen molar-refractivity contribution >= 4 is 15.9 Å². The summed E-state index contributed by atoms with van der Waals surface area (Å²) in [4.78, 5) is 0. The second-order valence-corrected chi connectivity index (χ2v) is 4.04. The zero-order valence-electron chi connectivity index (χ0n) is 7.74. The molecule has 0 radical (unpaired) electrons. The number of phenols is 1. The van der Waals surface area contributed by atoms with Gasteiger partial charge in [0.05, 0.1) is 4.47 Å². The molecule has 72 valence electrons. The topological polar surface area (TPSA) is 25.2 Å². The first-order valence-electron chi connectivity index (χ1n) is 4.31. The van der Waals surface area contributed by atoms with Gasteiger partial charge in [-0.2, -0.15) is 0 Å². The van der Waals surface area contributed by atoms with Gasteiger partial charge in [-0.3, -0.25) is 0 Å². The number of aryl methyl sites for hydroxylation is 1. The Morgan fingerprint density at radius 3 is 2.43 bits per heavy atom. The Kier molecular flexibility index (Phi) is 2.33. The number of hydrogen-bond donors (Lipinski definition) is 1. The fourth-order valence-corrected chi connectivity index (χ4v) is 1.92. The first-order valence-corrected chi connectivity index (χ1v) is 5.10. The summed E-state index contributed by atoms with van der Waals surface area (Å²) in [5, 5.41) is 9.57. The molecule has 3 heteroatoms. The molecule has 2 nitrogen and oxygen atoms in total. The van der Waals surface area contributed by atoms with Crippen LogP contribution in [0, 0.1) is 6.92 Å². The maximum absolute atomic E-state index is 9.57. The highest BCUT2D eigenvalue weighted by Gasteiger charge is 2.04. The molecule has 0 aliphatic rings. The molecular formula is C11H10BrNO. The van der Waals surface area contributed by atoms with Gasteiger partial charge in [0, 0.05) is 18.1 Å². The molecule has 0 saturated carbocycles. The van der Waals surface area contributed by atoms with E-state index in [1.54, 1.807) is 0 Å². The summed E-state index contributed by atoms with van der Waals surface area (Å²) in [5.41, 5.74) is 1.90. The van der Waals surface area contributed by atoms with Crippen molar-refractivity contribution in [1.82, 2.24) is 4.57 Å². The van der Waals surface area contributed by atoms with Crippen LogP contribution in [0.3, 0.4) is 0 Å². The van der Waals surface area contributed by atoms with Gasteiger partial charge in [0.25, 0.3) is 0 Å². The van der Waals surface area contributed by atoms with Gasteiger partial charge in [-0.05, 0) is 52.7 Å². The molecule has 14 heavy (non-hydrogen) atoms. The zero-order chi connectivity index (χ0) is 10.1. The summed E-state index contributed by atoms with van der Waals surface area (Å²) >= 11 is 3.32. The third-order valence-electron chi connectivity index (χ3n) is 2.14. The Bertz CT molecular complexity index is 425. The SMILES string of the molecule is Cc1cc(-n2cccc2)cc(Br)c1O. The van der Waals surface area contributed by atoms with E-state index in [1.807, 2.05) is 48.1 Å². The van der Waals surface area contributed by atoms with Gasteiger partial charge in [0.2, 0.25) is 0 Å². The van der Waals surface area contributed by atoms with Crippen molar-refractivity contribution in [3.63, 3.8) is 0 Å². The van der Waals surface area contributed by atoms with E-state index in [2.05, 4.69) is 15.9 Å². The summed E-state index contributed by atoms with van der Waals surface area (Å²) < 4.78 is 2.72. The Balaban J connectivity index is 2.57. The minimum atomic E-state index is 0.306. The van der Waals surface area contributed by atoms with E-state index >= 15 is 0 Å². The van der Waals surface area contributed by atoms with E-state index in [0.29, 0.717) is 5.75 Å². The molecule has 0 aliphatic carbocycles. The van der Waals surface area contributed by atoms with Crippen LogP contribution < -0.4 is 0 Å². The molecule has 0 atom stereocenters. The smallest absolute Gasteiger partial charge is 0.132 e. The summed E-state index contributed by atoms with van der Waals surface area (Å²) in [6.07, 6.45) is 3.94. The van der Waals surface area contributed by atoms with Crippen molar-refractivity contribution in [2.75, 3.05) is 0 Å². The van der Waals surface area contributed by atoms with Crippen molar-refractivity contribution in [2.24, 2.45) is 0 Å². The van der Waals surface area contributed by atoms with E-state index < -0.39 is 0 Å². The van der Waals surface area contributed by atoms with E-state index in [4.69, 9.17) is 0 Å². The average molecular weight is 252 g/mol. The van der Waals surface area contributed by atoms with E-state index in [1.165, 1.54) is 0 Å². The molecule has 2 aromatic rings. The van der Waals surface area contributed by atoms with Crippen molar-refractivity contribution < 1.29 is 5.11 Å². The molecule has 2 rings (SSSR count). The molecular weight excluding hydrogens is 242 g/mol. The molecule has 0 unspecified atom stereocenters. The number of benzene rings is 1. The van der Waals surface area contributed by atoms with Crippen LogP contribution in [0.2, 0.25) is 0 Å². The monoisotopic (exact) mass is 251 g/mol. The summed E-state index contributed by atoms with van der Waals surface area (Å²) in [7, 11) is 0. The molecule has 0 saturated heterocycles. The van der Waals surface area contributed by atoms with E-state index in [-0.39, 0.29) is 0 Å². The molecule has 1 aromatic carbocycles. The summed E-state index contributed by atoms with van der Waals surface area (Å²) in [6, 6.07) is 7.77. The number of rotatable bonds is 1. The molecule has 1 aromatic heterocycles. The van der Waals surface area contributed by atoms with Crippen LogP contribution in [0.25, 0.3) is 5.69 Å². The fourth-order valence-electron chi connectivity index (χ4n) is 1.37. The molecule has 0 amide bonds. The average Bonchev–Trinajstić information content (AvgIpc) is 2.66. The first kappa shape index (κ1) is 9.34. The van der Waals surface area contributed by atoms with Crippen LogP contribution in [0.5, 0.6) is 5.75 Å². The lowest BCUT2D eigenvalue weighted by atomic mass is 10.2. The lowest BCUT2D eigenvalue weighted by molar-refractivity contribution is 0.467. The third kappa shape index (κ3) is 1.55. The Morgan fingerprint density at radius 1 is 1.21 bits per heavy atom. The minimum Gasteiger partial charge on any atom is -0.506 e. The second kappa shape index (κ2) is 3.50. The highest BCUT2D eigenvalue weighted by atomic mass is 79.9. The van der Waals surface area contributed by atoms with Crippen LogP contribution in [0.1, 0.15) is 5.56 Å². The second-order valence-electron chi connectivity index (χ2n) is 3.18. The Morgan fingerprint density at radius 2 is 1.86 bits per heavy atom. The van der Waals surface area contributed by atoms with Crippen LogP contribution >= 0.6 is 15.9 Å². The van der Waals surface area contributed by atoms with E-state index in [0.717, 1.165) is 15.7 Å². The van der Waals surface area contributed by atoms with Crippen molar-refractivity contribution in [1.29, 1.82) is 0 Å². The summed E-state index contributed by atoms with van der Waals surface area (Å²) in [6.45, 7) is 1.88. The number of aromatic nitrogens is 1.